The van der Waals surface area contributed by atoms with Crippen LogP contribution in [0, 0.1) is 6.92 Å². The van der Waals surface area contributed by atoms with Crippen molar-refractivity contribution in [1.82, 2.24) is 10.3 Å². The minimum atomic E-state index is 0.0642. The molecule has 0 aliphatic heterocycles. The molecule has 0 atom stereocenters. The topological polar surface area (TPSA) is 34.1 Å². The molecule has 0 aliphatic carbocycles. The number of ether oxygens (including phenoxy) is 1. The lowest BCUT2D eigenvalue weighted by Gasteiger charge is -2.21. The highest BCUT2D eigenvalue weighted by Gasteiger charge is 2.11. The Morgan fingerprint density at radius 2 is 2.00 bits per heavy atom. The van der Waals surface area contributed by atoms with Crippen molar-refractivity contribution in [3.63, 3.8) is 0 Å². The fourth-order valence-corrected chi connectivity index (χ4v) is 2.06. The van der Waals surface area contributed by atoms with E-state index in [0.29, 0.717) is 0 Å². The summed E-state index contributed by atoms with van der Waals surface area (Å²) in [6, 6.07) is 7.94. The van der Waals surface area contributed by atoms with Crippen LogP contribution in [0.25, 0.3) is 0 Å². The molecule has 1 aromatic heterocycles. The standard InChI is InChI=1S/C17H21BrN2O/c1-12-9-14(5-6-15(12)18)21-16-11-19-8-7-13(16)10-20-17(2,3)4/h5-9,11,20H,10H2,1-4H3. The van der Waals surface area contributed by atoms with Gasteiger partial charge in [0.2, 0.25) is 0 Å². The number of nitrogens with zero attached hydrogens (tertiary/aromatic N) is 1. The predicted octanol–water partition coefficient (Wildman–Crippen LogP) is 4.83. The van der Waals surface area contributed by atoms with Crippen molar-refractivity contribution in [3.05, 3.63) is 52.3 Å². The Morgan fingerprint density at radius 3 is 2.67 bits per heavy atom. The molecule has 1 heterocycles. The zero-order valence-electron chi connectivity index (χ0n) is 12.9. The molecule has 3 nitrogen and oxygen atoms in total. The minimum absolute atomic E-state index is 0.0642. The summed E-state index contributed by atoms with van der Waals surface area (Å²) in [6.45, 7) is 9.23. The van der Waals surface area contributed by atoms with E-state index in [1.807, 2.05) is 31.2 Å². The molecule has 4 heteroatoms. The van der Waals surface area contributed by atoms with Crippen molar-refractivity contribution in [1.29, 1.82) is 0 Å². The van der Waals surface area contributed by atoms with Crippen molar-refractivity contribution in [2.75, 3.05) is 0 Å². The Hall–Kier alpha value is -1.39. The summed E-state index contributed by atoms with van der Waals surface area (Å²) in [7, 11) is 0. The fraction of sp³-hybridized carbons (Fsp3) is 0.353. The van der Waals surface area contributed by atoms with Crippen molar-refractivity contribution in [3.8, 4) is 11.5 Å². The lowest BCUT2D eigenvalue weighted by atomic mass is 10.1. The first-order chi connectivity index (χ1) is 9.85. The molecule has 0 saturated heterocycles. The molecule has 0 fully saturated rings. The highest BCUT2D eigenvalue weighted by atomic mass is 79.9. The van der Waals surface area contributed by atoms with E-state index >= 15 is 0 Å². The van der Waals surface area contributed by atoms with Crippen LogP contribution in [0.15, 0.2) is 41.1 Å². The predicted molar refractivity (Wildman–Crippen MR) is 89.8 cm³/mol. The molecule has 0 saturated carbocycles. The number of halogens is 1. The second-order valence-electron chi connectivity index (χ2n) is 6.10. The van der Waals surface area contributed by atoms with E-state index < -0.39 is 0 Å². The van der Waals surface area contributed by atoms with Crippen LogP contribution in [0.3, 0.4) is 0 Å². The molecule has 2 rings (SSSR count). The van der Waals surface area contributed by atoms with E-state index in [2.05, 4.69) is 47.0 Å². The number of benzene rings is 1. The first-order valence-corrected chi connectivity index (χ1v) is 7.76. The van der Waals surface area contributed by atoms with Crippen LogP contribution in [0.4, 0.5) is 0 Å². The second-order valence-corrected chi connectivity index (χ2v) is 6.95. The third-order valence-corrected chi connectivity index (χ3v) is 3.93. The summed E-state index contributed by atoms with van der Waals surface area (Å²) < 4.78 is 7.07. The maximum Gasteiger partial charge on any atom is 0.150 e. The Kier molecular flexibility index (Phi) is 5.01. The van der Waals surface area contributed by atoms with E-state index in [9.17, 15) is 0 Å². The van der Waals surface area contributed by atoms with Gasteiger partial charge >= 0.3 is 0 Å². The SMILES string of the molecule is Cc1cc(Oc2cnccc2CNC(C)(C)C)ccc1Br. The van der Waals surface area contributed by atoms with E-state index in [-0.39, 0.29) is 5.54 Å². The average molecular weight is 349 g/mol. The van der Waals surface area contributed by atoms with Gasteiger partial charge in [-0.15, -0.1) is 0 Å². The maximum atomic E-state index is 5.99. The number of hydrogen-bond donors (Lipinski definition) is 1. The molecular formula is C17H21BrN2O. The van der Waals surface area contributed by atoms with Crippen LogP contribution in [-0.2, 0) is 6.54 Å². The van der Waals surface area contributed by atoms with Crippen LogP contribution in [0.1, 0.15) is 31.9 Å². The van der Waals surface area contributed by atoms with Crippen LogP contribution in [-0.4, -0.2) is 10.5 Å². The molecular weight excluding hydrogens is 328 g/mol. The van der Waals surface area contributed by atoms with E-state index in [1.54, 1.807) is 12.4 Å². The largest absolute Gasteiger partial charge is 0.455 e. The van der Waals surface area contributed by atoms with Gasteiger partial charge in [-0.05, 0) is 57.5 Å². The average Bonchev–Trinajstić information content (AvgIpc) is 2.41. The third kappa shape index (κ3) is 4.83. The number of aryl methyl sites for hydroxylation is 1. The summed E-state index contributed by atoms with van der Waals surface area (Å²) in [6.07, 6.45) is 3.55. The van der Waals surface area contributed by atoms with E-state index in [0.717, 1.165) is 33.6 Å². The first kappa shape index (κ1) is 16.0. The highest BCUT2D eigenvalue weighted by molar-refractivity contribution is 9.10. The maximum absolute atomic E-state index is 5.99. The summed E-state index contributed by atoms with van der Waals surface area (Å²) >= 11 is 3.50. The summed E-state index contributed by atoms with van der Waals surface area (Å²) in [4.78, 5) is 4.16. The quantitative estimate of drug-likeness (QED) is 0.858. The summed E-state index contributed by atoms with van der Waals surface area (Å²) in [5.41, 5.74) is 2.31. The molecule has 21 heavy (non-hydrogen) atoms. The molecule has 1 N–H and O–H groups in total. The number of aromatic nitrogens is 1. The number of hydrogen-bond acceptors (Lipinski definition) is 3. The van der Waals surface area contributed by atoms with Gasteiger partial charge in [0, 0.05) is 28.3 Å². The zero-order chi connectivity index (χ0) is 15.5. The van der Waals surface area contributed by atoms with Crippen molar-refractivity contribution < 1.29 is 4.74 Å². The highest BCUT2D eigenvalue weighted by Crippen LogP contribution is 2.28. The van der Waals surface area contributed by atoms with Gasteiger partial charge in [0.1, 0.15) is 11.5 Å². The smallest absolute Gasteiger partial charge is 0.150 e. The molecule has 112 valence electrons. The van der Waals surface area contributed by atoms with E-state index in [1.165, 1.54) is 0 Å². The van der Waals surface area contributed by atoms with Gasteiger partial charge in [-0.3, -0.25) is 4.98 Å². The molecule has 0 unspecified atom stereocenters. The molecule has 1 aromatic carbocycles. The zero-order valence-corrected chi connectivity index (χ0v) is 14.5. The van der Waals surface area contributed by atoms with Crippen molar-refractivity contribution in [2.24, 2.45) is 0 Å². The third-order valence-electron chi connectivity index (χ3n) is 3.04. The van der Waals surface area contributed by atoms with Crippen LogP contribution in [0.5, 0.6) is 11.5 Å². The first-order valence-electron chi connectivity index (χ1n) is 6.97. The van der Waals surface area contributed by atoms with Gasteiger partial charge in [-0.1, -0.05) is 15.9 Å². The fourth-order valence-electron chi connectivity index (χ4n) is 1.81. The van der Waals surface area contributed by atoms with Crippen molar-refractivity contribution >= 4 is 15.9 Å². The molecule has 2 aromatic rings. The minimum Gasteiger partial charge on any atom is -0.455 e. The Labute approximate surface area is 134 Å². The van der Waals surface area contributed by atoms with Crippen molar-refractivity contribution in [2.45, 2.75) is 39.8 Å². The molecule has 0 spiro atoms. The Balaban J connectivity index is 2.17. The summed E-state index contributed by atoms with van der Waals surface area (Å²) in [5.74, 6) is 1.61. The van der Waals surface area contributed by atoms with Gasteiger partial charge in [0.05, 0.1) is 6.20 Å². The normalized spacial score (nSPS) is 11.5. The number of pyridine rings is 1. The van der Waals surface area contributed by atoms with Crippen LogP contribution < -0.4 is 10.1 Å². The number of nitrogens with one attached hydrogen (secondary N) is 1. The van der Waals surface area contributed by atoms with Gasteiger partial charge < -0.3 is 10.1 Å². The molecule has 0 radical (unpaired) electrons. The summed E-state index contributed by atoms with van der Waals surface area (Å²) in [5, 5.41) is 3.47. The second kappa shape index (κ2) is 6.58. The molecule has 0 aliphatic rings. The molecule has 0 amide bonds. The Bertz CT molecular complexity index is 620. The Morgan fingerprint density at radius 1 is 1.24 bits per heavy atom. The monoisotopic (exact) mass is 348 g/mol. The van der Waals surface area contributed by atoms with Gasteiger partial charge in [-0.25, -0.2) is 0 Å². The van der Waals surface area contributed by atoms with Crippen LogP contribution in [0.2, 0.25) is 0 Å². The van der Waals surface area contributed by atoms with Gasteiger partial charge in [0.15, 0.2) is 0 Å². The molecule has 0 bridgehead atoms. The lowest BCUT2D eigenvalue weighted by Crippen LogP contribution is -2.35. The van der Waals surface area contributed by atoms with Gasteiger partial charge in [0.25, 0.3) is 0 Å². The van der Waals surface area contributed by atoms with Crippen LogP contribution >= 0.6 is 15.9 Å². The van der Waals surface area contributed by atoms with Gasteiger partial charge in [-0.2, -0.15) is 0 Å². The lowest BCUT2D eigenvalue weighted by molar-refractivity contribution is 0.413. The number of rotatable bonds is 4. The van der Waals surface area contributed by atoms with E-state index in [4.69, 9.17) is 4.74 Å².